The van der Waals surface area contributed by atoms with E-state index in [4.69, 9.17) is 56.9 Å². The van der Waals surface area contributed by atoms with Gasteiger partial charge >= 0.3 is 5.97 Å². The Morgan fingerprint density at radius 3 is 1.60 bits per heavy atom. The van der Waals surface area contributed by atoms with E-state index in [9.17, 15) is 75.0 Å². The summed E-state index contributed by atoms with van der Waals surface area (Å²) in [6.45, 7) is 10.9. The number of hydrogen-bond donors (Lipinski definition) is 4. The Labute approximate surface area is 639 Å². The van der Waals surface area contributed by atoms with Gasteiger partial charge in [0.1, 0.15) is 4.90 Å². The molecular weight excluding hydrogens is 1530 g/mol. The molecule has 3 heterocycles. The molecule has 0 bridgehead atoms. The molecule has 4 N–H and O–H groups in total. The maximum atomic E-state index is 13.1. The molecule has 2 amide bonds. The van der Waals surface area contributed by atoms with Crippen LogP contribution in [0.2, 0.25) is 0 Å². The van der Waals surface area contributed by atoms with Crippen LogP contribution >= 0.6 is 0 Å². The fourth-order valence-corrected chi connectivity index (χ4v) is 16.6. The quantitative estimate of drug-likeness (QED) is 0.0113. The van der Waals surface area contributed by atoms with Crippen molar-refractivity contribution in [3.63, 3.8) is 0 Å². The lowest BCUT2D eigenvalue weighted by Crippen LogP contribution is -2.38. The molecule has 608 valence electrons. The zero-order valence-electron chi connectivity index (χ0n) is 61.8. The van der Waals surface area contributed by atoms with Gasteiger partial charge in [0.25, 0.3) is 52.3 Å². The highest BCUT2D eigenvalue weighted by atomic mass is 32.2. The van der Waals surface area contributed by atoms with Crippen LogP contribution in [-0.4, -0.2) is 255 Å². The van der Waals surface area contributed by atoms with Crippen LogP contribution in [0.25, 0.3) is 21.5 Å². The molecule has 5 unspecified atom stereocenters. The minimum absolute atomic E-state index is 0.00139. The largest absolute Gasteiger partial charge is 0.768 e. The molecule has 0 spiro atoms. The van der Waals surface area contributed by atoms with E-state index in [1.54, 1.807) is 56.7 Å². The van der Waals surface area contributed by atoms with Crippen LogP contribution in [0, 0.1) is 5.92 Å². The third kappa shape index (κ3) is 26.2. The van der Waals surface area contributed by atoms with E-state index in [1.165, 1.54) is 12.1 Å². The molecule has 1 fully saturated rings. The lowest BCUT2D eigenvalue weighted by Gasteiger charge is -2.38. The van der Waals surface area contributed by atoms with E-state index in [0.29, 0.717) is 78.5 Å². The minimum Gasteiger partial charge on any atom is -0.768 e. The summed E-state index contributed by atoms with van der Waals surface area (Å²) in [6, 6.07) is 10.2. The average molecular weight is 1630 g/mol. The SMILES string of the molecule is CCCC1CC(/C=C/C=C/C=C/C=C2/N(CCOCCOCCOCCOCCOCCOCCC(=O)ON3C(=O)CCC3=O)c3ccc4c(S(=O)(=O)O)cc(S(=O)(=O)O)cc4c3C2(C)CCOCCOCCOCCOC)C(C)(CCCS(=O)(=O)O)c2c(ccc3c(S(=O)[O-])cc(S(=O)(=O)O)cc23)N1CCOC. The highest BCUT2D eigenvalue weighted by Gasteiger charge is 2.47. The van der Waals surface area contributed by atoms with E-state index in [0.717, 1.165) is 18.6 Å². The van der Waals surface area contributed by atoms with Crippen molar-refractivity contribution in [2.45, 2.75) is 115 Å². The number of ether oxygens (including phenoxy) is 11. The molecule has 0 aliphatic carbocycles. The van der Waals surface area contributed by atoms with E-state index < -0.39 is 107 Å². The van der Waals surface area contributed by atoms with Gasteiger partial charge in [-0.15, -0.1) is 5.06 Å². The Kier molecular flexibility index (Phi) is 35.7. The number of rotatable bonds is 51. The van der Waals surface area contributed by atoms with Gasteiger partial charge < -0.3 is 71.3 Å². The fraction of sp³-hybridized carbons (Fsp3) is 0.569. The number of carbonyl (C=O) groups excluding carboxylic acids is 3. The average Bonchev–Trinajstić information content (AvgIpc) is 1.60. The van der Waals surface area contributed by atoms with Crippen LogP contribution in [0.5, 0.6) is 0 Å². The zero-order valence-corrected chi connectivity index (χ0v) is 65.9. The summed E-state index contributed by atoms with van der Waals surface area (Å²) in [5.41, 5.74) is 0.405. The number of methoxy groups -OCH3 is 2. The van der Waals surface area contributed by atoms with Gasteiger partial charge in [-0.2, -0.15) is 33.7 Å². The van der Waals surface area contributed by atoms with Gasteiger partial charge in [-0.1, -0.05) is 68.9 Å². The van der Waals surface area contributed by atoms with Crippen molar-refractivity contribution in [1.82, 2.24) is 5.06 Å². The second kappa shape index (κ2) is 43.2. The van der Waals surface area contributed by atoms with Crippen LogP contribution in [0.4, 0.5) is 11.4 Å². The summed E-state index contributed by atoms with van der Waals surface area (Å²) in [6.07, 6.45) is 14.5. The van der Waals surface area contributed by atoms with Crippen molar-refractivity contribution in [2.75, 3.05) is 175 Å². The third-order valence-electron chi connectivity index (χ3n) is 18.7. The Morgan fingerprint density at radius 2 is 1.06 bits per heavy atom. The van der Waals surface area contributed by atoms with Crippen molar-refractivity contribution in [3.05, 3.63) is 108 Å². The Balaban J connectivity index is 1.11. The maximum absolute atomic E-state index is 13.1. The number of carbonyl (C=O) groups is 3. The highest BCUT2D eigenvalue weighted by Crippen LogP contribution is 2.55. The Bertz CT molecular complexity index is 4330. The van der Waals surface area contributed by atoms with Gasteiger partial charge in [0.15, 0.2) is 0 Å². The van der Waals surface area contributed by atoms with Gasteiger partial charge in [0.2, 0.25) is 0 Å². The molecule has 109 heavy (non-hydrogen) atoms. The molecule has 5 atom stereocenters. The summed E-state index contributed by atoms with van der Waals surface area (Å²) in [5.74, 6) is -2.99. The Morgan fingerprint density at radius 1 is 0.569 bits per heavy atom. The third-order valence-corrected chi connectivity index (χ3v) is 22.8. The second-order valence-electron chi connectivity index (χ2n) is 26.1. The highest BCUT2D eigenvalue weighted by molar-refractivity contribution is 7.87. The first-order valence-corrected chi connectivity index (χ1v) is 42.6. The van der Waals surface area contributed by atoms with Gasteiger partial charge in [-0.05, 0) is 126 Å². The number of amides is 2. The van der Waals surface area contributed by atoms with Crippen molar-refractivity contribution in [1.29, 1.82) is 0 Å². The van der Waals surface area contributed by atoms with Crippen LogP contribution in [-0.2, 0) is 134 Å². The van der Waals surface area contributed by atoms with Crippen LogP contribution in [0.15, 0.2) is 116 Å². The molecule has 3 aliphatic heterocycles. The molecule has 1 saturated heterocycles. The van der Waals surface area contributed by atoms with Gasteiger partial charge in [0.05, 0.1) is 147 Å². The monoisotopic (exact) mass is 1630 g/mol. The van der Waals surface area contributed by atoms with Gasteiger partial charge in [0, 0.05) is 91.0 Å². The van der Waals surface area contributed by atoms with Crippen molar-refractivity contribution in [3.8, 4) is 0 Å². The minimum atomic E-state index is -5.12. The number of imide groups is 1. The number of anilines is 2. The number of fused-ring (bicyclic) bond motifs is 6. The predicted molar refractivity (Wildman–Crippen MR) is 399 cm³/mol. The van der Waals surface area contributed by atoms with E-state index in [1.807, 2.05) is 43.9 Å². The number of hydrogen-bond acceptors (Lipinski definition) is 27. The molecular formula is C72H100N3O29S5-. The summed E-state index contributed by atoms with van der Waals surface area (Å²) < 4.78 is 232. The molecule has 0 saturated carbocycles. The van der Waals surface area contributed by atoms with Gasteiger partial charge in [-0.25, -0.2) is 4.79 Å². The van der Waals surface area contributed by atoms with Crippen molar-refractivity contribution >= 4 is 102 Å². The first-order valence-electron chi connectivity index (χ1n) is 35.6. The molecule has 37 heteroatoms. The number of benzene rings is 4. The standard InChI is InChI=1S/C72H101N3O29S5/c1-6-13-54-48-53(71(2,23-12-47-106(81,82)83)69-59-49-55(107(84,85)86)51-63(105(79)80)57(59)16-18-61(69)73(54)25-29-93-4)14-10-8-7-9-11-15-65-72(3,24-28-96-34-37-100-40-39-98-32-31-94-5)70-60-50-56(108(87,88)89)52-64(109(90,91)92)58(60)17-19-62(70)74(65)26-30-97-35-38-101-42-44-103-46-45-102-43-41-99-36-33-95-27-22-68(78)104-75-66(76)20-21-67(75)77/h7-11,14-19,49-54H,6,12-13,20-48H2,1-5H3,(H,79,80)(H,81,82,83)(H,84,85,86)(H,87,88,89)(H,90,91,92)/p-1/b8-7+,11-9+,14-10+,65-15+. The first-order chi connectivity index (χ1) is 51.9. The summed E-state index contributed by atoms with van der Waals surface area (Å²) in [7, 11) is -16.6. The van der Waals surface area contributed by atoms with E-state index in [-0.39, 0.29) is 190 Å². The second-order valence-corrected chi connectivity index (χ2v) is 32.8. The van der Waals surface area contributed by atoms with Crippen LogP contribution in [0.1, 0.15) is 89.7 Å². The smallest absolute Gasteiger partial charge is 0.335 e. The fourth-order valence-electron chi connectivity index (χ4n) is 13.5. The van der Waals surface area contributed by atoms with Crippen LogP contribution < -0.4 is 9.80 Å². The molecule has 0 aromatic heterocycles. The molecule has 3 aliphatic rings. The topological polar surface area (TPSA) is 429 Å². The van der Waals surface area contributed by atoms with Crippen LogP contribution in [0.3, 0.4) is 0 Å². The van der Waals surface area contributed by atoms with Crippen molar-refractivity contribution in [2.24, 2.45) is 5.92 Å². The molecule has 4 aromatic carbocycles. The lowest BCUT2D eigenvalue weighted by atomic mass is 9.66. The predicted octanol–water partition coefficient (Wildman–Crippen LogP) is 7.05. The Hall–Kier alpha value is -6.12. The molecule has 0 radical (unpaired) electrons. The van der Waals surface area contributed by atoms with Crippen molar-refractivity contribution < 1.29 is 132 Å². The number of nitrogens with zero attached hydrogens (tertiary/aromatic N) is 3. The van der Waals surface area contributed by atoms with E-state index in [2.05, 4.69) is 4.90 Å². The lowest BCUT2D eigenvalue weighted by molar-refractivity contribution is -0.198. The normalized spacial score (nSPS) is 19.5. The van der Waals surface area contributed by atoms with Gasteiger partial charge in [-0.3, -0.25) is 32.0 Å². The first kappa shape index (κ1) is 90.1. The molecule has 4 aromatic rings. The number of hydroxylamine groups is 2. The molecule has 32 nitrogen and oxygen atoms in total. The summed E-state index contributed by atoms with van der Waals surface area (Å²) in [4.78, 5) is 41.4. The summed E-state index contributed by atoms with van der Waals surface area (Å²) >= 11 is -2.99. The number of allylic oxidation sites excluding steroid dienone is 8. The van der Waals surface area contributed by atoms with E-state index >= 15 is 0 Å². The molecule has 7 rings (SSSR count). The zero-order chi connectivity index (χ0) is 79.4. The maximum Gasteiger partial charge on any atom is 0.335 e. The summed E-state index contributed by atoms with van der Waals surface area (Å²) in [5, 5.41) is 0.898.